The number of hydrogen-bond acceptors (Lipinski definition) is 8. The fourth-order valence-corrected chi connectivity index (χ4v) is 5.88. The second-order valence-electron chi connectivity index (χ2n) is 10.1. The summed E-state index contributed by atoms with van der Waals surface area (Å²) in [4.78, 5) is 8.96. The molecular weight excluding hydrogens is 625 g/mol. The summed E-state index contributed by atoms with van der Waals surface area (Å²) >= 11 is 3.57. The first-order valence-corrected chi connectivity index (χ1v) is 16.3. The molecule has 0 bridgehead atoms. The van der Waals surface area contributed by atoms with E-state index in [-0.39, 0.29) is 30.9 Å². The Morgan fingerprint density at radius 2 is 2.00 bits per heavy atom. The van der Waals surface area contributed by atoms with Gasteiger partial charge >= 0.3 is 0 Å². The number of hydrogen-bond donors (Lipinski definition) is 1. The molecule has 2 heterocycles. The summed E-state index contributed by atoms with van der Waals surface area (Å²) in [5.41, 5.74) is 2.33. The summed E-state index contributed by atoms with van der Waals surface area (Å²) in [6, 6.07) is 17.8. The van der Waals surface area contributed by atoms with Gasteiger partial charge in [0.15, 0.2) is 5.60 Å². The zero-order chi connectivity index (χ0) is 29.7. The van der Waals surface area contributed by atoms with Crippen LogP contribution < -0.4 is 10.1 Å². The maximum absolute atomic E-state index is 13.5. The van der Waals surface area contributed by atoms with E-state index in [1.165, 1.54) is 24.7 Å². The van der Waals surface area contributed by atoms with Crippen molar-refractivity contribution in [1.82, 2.24) is 9.97 Å². The minimum absolute atomic E-state index is 0.0587. The summed E-state index contributed by atoms with van der Waals surface area (Å²) in [6.07, 6.45) is 7.15. The average Bonchev–Trinajstić information content (AvgIpc) is 3.45. The minimum atomic E-state index is -3.15. The molecule has 0 aliphatic carbocycles. The van der Waals surface area contributed by atoms with Gasteiger partial charge in [-0.2, -0.15) is 0 Å². The average molecular weight is 657 g/mol. The van der Waals surface area contributed by atoms with Crippen molar-refractivity contribution in [3.8, 4) is 5.75 Å². The van der Waals surface area contributed by atoms with Gasteiger partial charge in [0.2, 0.25) is 0 Å². The van der Waals surface area contributed by atoms with Crippen molar-refractivity contribution < 1.29 is 27.0 Å². The van der Waals surface area contributed by atoms with E-state index in [4.69, 9.17) is 14.2 Å². The van der Waals surface area contributed by atoms with Crippen molar-refractivity contribution in [1.29, 1.82) is 0 Å². The highest BCUT2D eigenvalue weighted by Gasteiger charge is 2.44. The molecule has 1 aromatic heterocycles. The van der Waals surface area contributed by atoms with Crippen LogP contribution in [0.5, 0.6) is 5.75 Å². The zero-order valence-electron chi connectivity index (χ0n) is 23.2. The van der Waals surface area contributed by atoms with Gasteiger partial charge in [-0.1, -0.05) is 25.1 Å². The number of halogens is 2. The molecular formula is C31H31BrFN3O5S. The molecule has 0 saturated heterocycles. The predicted octanol–water partition coefficient (Wildman–Crippen LogP) is 6.82. The molecule has 220 valence electrons. The molecule has 0 radical (unpaired) electrons. The Bertz CT molecular complexity index is 1710. The van der Waals surface area contributed by atoms with Crippen LogP contribution >= 0.6 is 15.9 Å². The third-order valence-corrected chi connectivity index (χ3v) is 8.59. The largest absolute Gasteiger partial charge is 0.488 e. The molecule has 8 nitrogen and oxygen atoms in total. The smallest absolute Gasteiger partial charge is 0.162 e. The van der Waals surface area contributed by atoms with Crippen molar-refractivity contribution in [2.45, 2.75) is 38.1 Å². The van der Waals surface area contributed by atoms with Crippen molar-refractivity contribution >= 4 is 48.2 Å². The van der Waals surface area contributed by atoms with Gasteiger partial charge in [0, 0.05) is 23.8 Å². The lowest BCUT2D eigenvalue weighted by atomic mass is 9.83. The van der Waals surface area contributed by atoms with Crippen LogP contribution in [-0.4, -0.2) is 43.1 Å². The van der Waals surface area contributed by atoms with E-state index < -0.39 is 15.4 Å². The SMILES string of the molecule is CCC(OCCS(C)(=O)=O)C1(c2ccc3ncnc(Nc4ccc(OCc5cccc(F)c5)c(Br)c4)c3c2)CC=CO1. The normalized spacial score (nSPS) is 17.2. The Labute approximate surface area is 253 Å². The molecule has 11 heteroatoms. The Kier molecular flexibility index (Phi) is 9.10. The molecule has 0 amide bonds. The third kappa shape index (κ3) is 6.91. The molecule has 5 rings (SSSR count). The second kappa shape index (κ2) is 12.8. The van der Waals surface area contributed by atoms with Crippen LogP contribution in [0.25, 0.3) is 10.9 Å². The molecule has 1 N–H and O–H groups in total. The van der Waals surface area contributed by atoms with Gasteiger partial charge in [-0.05, 0) is 82.0 Å². The van der Waals surface area contributed by atoms with Crippen LogP contribution in [-0.2, 0) is 31.5 Å². The molecule has 4 aromatic rings. The van der Waals surface area contributed by atoms with Gasteiger partial charge in [-0.3, -0.25) is 0 Å². The molecule has 0 spiro atoms. The number of anilines is 2. The molecule has 1 aliphatic heterocycles. The fraction of sp³-hybridized carbons (Fsp3) is 0.290. The van der Waals surface area contributed by atoms with E-state index >= 15 is 0 Å². The van der Waals surface area contributed by atoms with E-state index in [1.54, 1.807) is 12.3 Å². The molecule has 0 saturated carbocycles. The van der Waals surface area contributed by atoms with Crippen LogP contribution in [0.15, 0.2) is 83.8 Å². The number of nitrogens with zero attached hydrogens (tertiary/aromatic N) is 2. The summed E-state index contributed by atoms with van der Waals surface area (Å²) in [5, 5.41) is 4.17. The number of rotatable bonds is 12. The summed E-state index contributed by atoms with van der Waals surface area (Å²) < 4.78 is 55.8. The maximum Gasteiger partial charge on any atom is 0.162 e. The fourth-order valence-electron chi connectivity index (χ4n) is 4.98. The number of nitrogens with one attached hydrogen (secondary N) is 1. The van der Waals surface area contributed by atoms with E-state index in [0.717, 1.165) is 32.2 Å². The number of aromatic nitrogens is 2. The second-order valence-corrected chi connectivity index (χ2v) is 13.2. The molecule has 0 fully saturated rings. The zero-order valence-corrected chi connectivity index (χ0v) is 25.6. The van der Waals surface area contributed by atoms with E-state index in [1.807, 2.05) is 55.5 Å². The topological polar surface area (TPSA) is 99.6 Å². The number of benzene rings is 3. The molecule has 42 heavy (non-hydrogen) atoms. The van der Waals surface area contributed by atoms with Crippen molar-refractivity contribution in [2.24, 2.45) is 0 Å². The van der Waals surface area contributed by atoms with Crippen LogP contribution in [0, 0.1) is 5.82 Å². The van der Waals surface area contributed by atoms with Crippen LogP contribution in [0.3, 0.4) is 0 Å². The Balaban J connectivity index is 1.39. The standard InChI is InChI=1S/C31H31BrFN3O5S/c1-3-29(39-14-15-42(2,37)38)31(12-5-13-41-31)22-8-10-27-25(17-22)30(35-20-34-27)36-24-9-11-28(26(32)18-24)40-19-21-6-4-7-23(33)16-21/h4-11,13,16-18,20,29H,3,12,14-15,19H2,1-2H3,(H,34,35,36). The van der Waals surface area contributed by atoms with Gasteiger partial charge in [0.25, 0.3) is 0 Å². The number of fused-ring (bicyclic) bond motifs is 1. The lowest BCUT2D eigenvalue weighted by molar-refractivity contribution is -0.107. The summed E-state index contributed by atoms with van der Waals surface area (Å²) in [6.45, 7) is 2.32. The minimum Gasteiger partial charge on any atom is -0.488 e. The highest BCUT2D eigenvalue weighted by atomic mass is 79.9. The number of sulfone groups is 1. The van der Waals surface area contributed by atoms with Crippen molar-refractivity contribution in [2.75, 3.05) is 23.9 Å². The van der Waals surface area contributed by atoms with Gasteiger partial charge in [-0.25, -0.2) is 22.8 Å². The van der Waals surface area contributed by atoms with Gasteiger partial charge in [-0.15, -0.1) is 0 Å². The molecule has 1 aliphatic rings. The quantitative estimate of drug-likeness (QED) is 0.177. The van der Waals surface area contributed by atoms with Crippen LogP contribution in [0.4, 0.5) is 15.9 Å². The Morgan fingerprint density at radius 1 is 1.14 bits per heavy atom. The molecule has 2 atom stereocenters. The first-order chi connectivity index (χ1) is 20.2. The number of ether oxygens (including phenoxy) is 3. The monoisotopic (exact) mass is 655 g/mol. The molecule has 3 aromatic carbocycles. The van der Waals surface area contributed by atoms with Crippen LogP contribution in [0.1, 0.15) is 30.9 Å². The Morgan fingerprint density at radius 3 is 2.71 bits per heavy atom. The highest BCUT2D eigenvalue weighted by Crippen LogP contribution is 2.42. The van der Waals surface area contributed by atoms with Gasteiger partial charge in [0.1, 0.15) is 46.3 Å². The van der Waals surface area contributed by atoms with Crippen molar-refractivity contribution in [3.05, 3.63) is 101 Å². The first-order valence-electron chi connectivity index (χ1n) is 13.5. The lowest BCUT2D eigenvalue weighted by Crippen LogP contribution is -2.41. The highest BCUT2D eigenvalue weighted by molar-refractivity contribution is 9.10. The van der Waals surface area contributed by atoms with Crippen LogP contribution in [0.2, 0.25) is 0 Å². The van der Waals surface area contributed by atoms with E-state index in [0.29, 0.717) is 24.4 Å². The predicted molar refractivity (Wildman–Crippen MR) is 164 cm³/mol. The first kappa shape index (κ1) is 29.9. The van der Waals surface area contributed by atoms with Gasteiger partial charge < -0.3 is 19.5 Å². The van der Waals surface area contributed by atoms with E-state index in [9.17, 15) is 12.8 Å². The summed E-state index contributed by atoms with van der Waals surface area (Å²) in [5.74, 6) is 0.862. The molecule has 2 unspecified atom stereocenters. The summed E-state index contributed by atoms with van der Waals surface area (Å²) in [7, 11) is -3.15. The third-order valence-electron chi connectivity index (χ3n) is 7.06. The maximum atomic E-state index is 13.5. The van der Waals surface area contributed by atoms with Gasteiger partial charge in [0.05, 0.1) is 28.6 Å². The van der Waals surface area contributed by atoms with Crippen molar-refractivity contribution in [3.63, 3.8) is 0 Å². The lowest BCUT2D eigenvalue weighted by Gasteiger charge is -2.37. The Hall–Kier alpha value is -3.54. The van der Waals surface area contributed by atoms with E-state index in [2.05, 4.69) is 31.2 Å².